The number of nitrogens with zero attached hydrogens (tertiary/aromatic N) is 3. The fourth-order valence-electron chi connectivity index (χ4n) is 2.51. The minimum absolute atomic E-state index is 0.0340. The predicted molar refractivity (Wildman–Crippen MR) is 117 cm³/mol. The molecular weight excluding hydrogens is 454 g/mol. The number of ketones is 1. The second-order valence-electron chi connectivity index (χ2n) is 5.98. The molecule has 0 amide bonds. The van der Waals surface area contributed by atoms with E-state index >= 15 is 0 Å². The zero-order valence-electron chi connectivity index (χ0n) is 15.9. The lowest BCUT2D eigenvalue weighted by Gasteiger charge is -2.09. The molecule has 1 heterocycles. The molecule has 3 rings (SSSR count). The molecule has 0 bridgehead atoms. The molecule has 3 aromatic rings. The lowest BCUT2D eigenvalue weighted by Crippen LogP contribution is -2.09. The number of thioether (sulfide) groups is 1. The van der Waals surface area contributed by atoms with Gasteiger partial charge in [0, 0.05) is 16.6 Å². The van der Waals surface area contributed by atoms with E-state index in [-0.39, 0.29) is 18.1 Å². The largest absolute Gasteiger partial charge is 0.497 e. The van der Waals surface area contributed by atoms with E-state index in [1.807, 2.05) is 41.0 Å². The van der Waals surface area contributed by atoms with Crippen molar-refractivity contribution in [3.05, 3.63) is 77.0 Å². The number of carbonyl (C=O) groups excluding carboxylic acids is 1. The molecule has 0 unspecified atom stereocenters. The van der Waals surface area contributed by atoms with Crippen molar-refractivity contribution < 1.29 is 14.3 Å². The van der Waals surface area contributed by atoms with Gasteiger partial charge in [-0.25, -0.2) is 0 Å². The molecule has 0 saturated heterocycles. The van der Waals surface area contributed by atoms with Crippen LogP contribution in [0.25, 0.3) is 0 Å². The molecule has 0 saturated carbocycles. The number of carbonyl (C=O) groups is 1. The monoisotopic (exact) mass is 473 g/mol. The maximum atomic E-state index is 12.4. The molecule has 29 heavy (non-hydrogen) atoms. The van der Waals surface area contributed by atoms with Gasteiger partial charge in [0.25, 0.3) is 0 Å². The molecule has 0 aliphatic carbocycles. The van der Waals surface area contributed by atoms with E-state index in [1.165, 1.54) is 11.8 Å². The first kappa shape index (κ1) is 21.1. The first-order valence-corrected chi connectivity index (χ1v) is 10.6. The Hall–Kier alpha value is -2.58. The van der Waals surface area contributed by atoms with Crippen molar-refractivity contribution in [1.29, 1.82) is 0 Å². The molecule has 0 aliphatic heterocycles. The quantitative estimate of drug-likeness (QED) is 0.239. The zero-order valence-corrected chi connectivity index (χ0v) is 18.3. The van der Waals surface area contributed by atoms with Crippen molar-refractivity contribution in [2.24, 2.45) is 0 Å². The Labute approximate surface area is 182 Å². The van der Waals surface area contributed by atoms with Gasteiger partial charge in [-0.1, -0.05) is 45.9 Å². The molecule has 2 aromatic carbocycles. The smallest absolute Gasteiger partial charge is 0.192 e. The molecule has 0 atom stereocenters. The van der Waals surface area contributed by atoms with Crippen molar-refractivity contribution in [1.82, 2.24) is 14.8 Å². The van der Waals surface area contributed by atoms with Gasteiger partial charge < -0.3 is 9.47 Å². The summed E-state index contributed by atoms with van der Waals surface area (Å²) in [5, 5.41) is 9.10. The Balaban J connectivity index is 1.64. The van der Waals surface area contributed by atoms with Gasteiger partial charge in [0.2, 0.25) is 0 Å². The third kappa shape index (κ3) is 5.71. The molecule has 0 aliphatic rings. The number of rotatable bonds is 10. The van der Waals surface area contributed by atoms with Crippen LogP contribution in [0, 0.1) is 0 Å². The number of halogens is 1. The standard InChI is InChI=1S/C21H20BrN3O3S/c1-3-12-25-20(13-28-18-10-8-17(27-2)9-11-18)23-24-21(25)29-14-19(26)15-4-6-16(22)7-5-15/h3-11H,1,12-14H2,2H3. The van der Waals surface area contributed by atoms with E-state index in [2.05, 4.69) is 32.7 Å². The Morgan fingerprint density at radius 2 is 1.83 bits per heavy atom. The summed E-state index contributed by atoms with van der Waals surface area (Å²) in [6.07, 6.45) is 1.76. The molecule has 0 fully saturated rings. The highest BCUT2D eigenvalue weighted by Gasteiger charge is 2.15. The number of benzene rings is 2. The number of ether oxygens (including phenoxy) is 2. The number of Topliss-reactive ketones (excluding diaryl/α,β-unsaturated/α-hetero) is 1. The van der Waals surface area contributed by atoms with Crippen molar-refractivity contribution in [2.45, 2.75) is 18.3 Å². The number of allylic oxidation sites excluding steroid dienone is 1. The highest BCUT2D eigenvalue weighted by molar-refractivity contribution is 9.10. The van der Waals surface area contributed by atoms with Crippen LogP contribution in [0.3, 0.4) is 0 Å². The Morgan fingerprint density at radius 3 is 2.48 bits per heavy atom. The van der Waals surface area contributed by atoms with Gasteiger partial charge in [-0.05, 0) is 36.4 Å². The Bertz CT molecular complexity index is 972. The van der Waals surface area contributed by atoms with Crippen LogP contribution in [0.5, 0.6) is 11.5 Å². The maximum Gasteiger partial charge on any atom is 0.192 e. The molecular formula is C21H20BrN3O3S. The van der Waals surface area contributed by atoms with Crippen LogP contribution in [-0.4, -0.2) is 33.4 Å². The minimum atomic E-state index is 0.0340. The summed E-state index contributed by atoms with van der Waals surface area (Å²) >= 11 is 4.72. The van der Waals surface area contributed by atoms with Crippen LogP contribution in [0.1, 0.15) is 16.2 Å². The van der Waals surface area contributed by atoms with E-state index in [4.69, 9.17) is 9.47 Å². The van der Waals surface area contributed by atoms with Gasteiger partial charge in [0.1, 0.15) is 18.1 Å². The predicted octanol–water partition coefficient (Wildman–Crippen LogP) is 4.79. The zero-order chi connectivity index (χ0) is 20.6. The van der Waals surface area contributed by atoms with E-state index in [0.717, 1.165) is 10.2 Å². The van der Waals surface area contributed by atoms with Gasteiger partial charge >= 0.3 is 0 Å². The van der Waals surface area contributed by atoms with Crippen molar-refractivity contribution in [3.8, 4) is 11.5 Å². The average molecular weight is 474 g/mol. The molecule has 0 spiro atoms. The number of hydrogen-bond acceptors (Lipinski definition) is 6. The van der Waals surface area contributed by atoms with Crippen LogP contribution in [0.15, 0.2) is 70.8 Å². The third-order valence-electron chi connectivity index (χ3n) is 4.03. The van der Waals surface area contributed by atoms with E-state index in [1.54, 1.807) is 25.3 Å². The highest BCUT2D eigenvalue weighted by Crippen LogP contribution is 2.22. The Morgan fingerprint density at radius 1 is 1.14 bits per heavy atom. The second kappa shape index (κ2) is 10.3. The van der Waals surface area contributed by atoms with Gasteiger partial charge in [-0.2, -0.15) is 0 Å². The SMILES string of the molecule is C=CCn1c(COc2ccc(OC)cc2)nnc1SCC(=O)c1ccc(Br)cc1. The second-order valence-corrected chi connectivity index (χ2v) is 7.84. The lowest BCUT2D eigenvalue weighted by molar-refractivity contribution is 0.102. The van der Waals surface area contributed by atoms with Gasteiger partial charge in [-0.15, -0.1) is 16.8 Å². The molecule has 0 N–H and O–H groups in total. The van der Waals surface area contributed by atoms with E-state index in [9.17, 15) is 4.79 Å². The van der Waals surface area contributed by atoms with Crippen LogP contribution >= 0.6 is 27.7 Å². The van der Waals surface area contributed by atoms with Gasteiger partial charge in [0.05, 0.1) is 12.9 Å². The van der Waals surface area contributed by atoms with Crippen molar-refractivity contribution in [3.63, 3.8) is 0 Å². The molecule has 8 heteroatoms. The number of hydrogen-bond donors (Lipinski definition) is 0. The molecule has 0 radical (unpaired) electrons. The van der Waals surface area contributed by atoms with E-state index < -0.39 is 0 Å². The van der Waals surface area contributed by atoms with Crippen LogP contribution < -0.4 is 9.47 Å². The molecule has 150 valence electrons. The van der Waals surface area contributed by atoms with Crippen LogP contribution in [0.4, 0.5) is 0 Å². The maximum absolute atomic E-state index is 12.4. The molecule has 1 aromatic heterocycles. The number of aromatic nitrogens is 3. The van der Waals surface area contributed by atoms with Gasteiger partial charge in [-0.3, -0.25) is 9.36 Å². The molecule has 6 nitrogen and oxygen atoms in total. The summed E-state index contributed by atoms with van der Waals surface area (Å²) in [7, 11) is 1.62. The normalized spacial score (nSPS) is 10.6. The van der Waals surface area contributed by atoms with Crippen LogP contribution in [-0.2, 0) is 13.2 Å². The van der Waals surface area contributed by atoms with Gasteiger partial charge in [0.15, 0.2) is 16.8 Å². The minimum Gasteiger partial charge on any atom is -0.497 e. The lowest BCUT2D eigenvalue weighted by atomic mass is 10.2. The Kier molecular flexibility index (Phi) is 7.48. The van der Waals surface area contributed by atoms with Crippen molar-refractivity contribution in [2.75, 3.05) is 12.9 Å². The number of methoxy groups -OCH3 is 1. The third-order valence-corrected chi connectivity index (χ3v) is 5.53. The van der Waals surface area contributed by atoms with Crippen LogP contribution in [0.2, 0.25) is 0 Å². The average Bonchev–Trinajstić information content (AvgIpc) is 3.13. The highest BCUT2D eigenvalue weighted by atomic mass is 79.9. The summed E-state index contributed by atoms with van der Waals surface area (Å²) in [6.45, 7) is 4.58. The fraction of sp³-hybridized carbons (Fsp3) is 0.190. The summed E-state index contributed by atoms with van der Waals surface area (Å²) < 4.78 is 13.8. The fourth-order valence-corrected chi connectivity index (χ4v) is 3.64. The first-order valence-electron chi connectivity index (χ1n) is 8.82. The van der Waals surface area contributed by atoms with E-state index in [0.29, 0.717) is 28.8 Å². The summed E-state index contributed by atoms with van der Waals surface area (Å²) in [5.74, 6) is 2.45. The topological polar surface area (TPSA) is 66.2 Å². The van der Waals surface area contributed by atoms with Crippen molar-refractivity contribution >= 4 is 33.5 Å². The summed E-state index contributed by atoms with van der Waals surface area (Å²) in [4.78, 5) is 12.4. The summed E-state index contributed by atoms with van der Waals surface area (Å²) in [5.41, 5.74) is 0.665. The first-order chi connectivity index (χ1) is 14.1. The summed E-state index contributed by atoms with van der Waals surface area (Å²) in [6, 6.07) is 14.6.